The highest BCUT2D eigenvalue weighted by molar-refractivity contribution is 6.25. The van der Waals surface area contributed by atoms with Crippen LogP contribution in [0.3, 0.4) is 0 Å². The summed E-state index contributed by atoms with van der Waals surface area (Å²) in [6.07, 6.45) is -0.212. The van der Waals surface area contributed by atoms with Crippen molar-refractivity contribution in [2.45, 2.75) is 30.6 Å². The van der Waals surface area contributed by atoms with E-state index < -0.39 is 75.0 Å². The zero-order chi connectivity index (χ0) is 28.3. The third-order valence-corrected chi connectivity index (χ3v) is 7.99. The standard InChI is InChI=1S/C26H33N3O9/c1-25(37)12-6-5-7-15(31)16(12)20(32)17-13(25)10-14-19(28(2)3)21(33)18(23(35)26(14,38)22(17)34)24(36)27-11-29(4)8-9-30/h5-7,13-14,19,30-32,35,37-38H,8-11H2,1-4H3,(H,27,36)/t13-,14-,19-,25-,26-/m0/s1. The molecule has 0 aromatic heterocycles. The minimum Gasteiger partial charge on any atom is -0.508 e. The molecule has 0 spiro atoms. The summed E-state index contributed by atoms with van der Waals surface area (Å²) in [4.78, 5) is 43.6. The zero-order valence-corrected chi connectivity index (χ0v) is 21.6. The van der Waals surface area contributed by atoms with E-state index in [1.165, 1.54) is 49.0 Å². The number of amides is 1. The first-order valence-corrected chi connectivity index (χ1v) is 12.2. The topological polar surface area (TPSA) is 191 Å². The van der Waals surface area contributed by atoms with Crippen LogP contribution >= 0.6 is 0 Å². The molecule has 7 N–H and O–H groups in total. The molecule has 0 bridgehead atoms. The van der Waals surface area contributed by atoms with E-state index in [0.717, 1.165) is 0 Å². The summed E-state index contributed by atoms with van der Waals surface area (Å²) in [6, 6.07) is 3.01. The molecule has 0 heterocycles. The summed E-state index contributed by atoms with van der Waals surface area (Å²) in [5.41, 5.74) is -5.78. The highest BCUT2D eigenvalue weighted by atomic mass is 16.3. The number of rotatable bonds is 6. The van der Waals surface area contributed by atoms with Gasteiger partial charge in [-0.15, -0.1) is 0 Å². The normalized spacial score (nSPS) is 30.9. The number of phenols is 1. The Hall–Kier alpha value is -3.29. The predicted octanol–water partition coefficient (Wildman–Crippen LogP) is -0.858. The van der Waals surface area contributed by atoms with Crippen molar-refractivity contribution < 1.29 is 45.0 Å². The van der Waals surface area contributed by atoms with E-state index >= 15 is 0 Å². The van der Waals surface area contributed by atoms with Crippen LogP contribution in [0.1, 0.15) is 24.5 Å². The van der Waals surface area contributed by atoms with Crippen molar-refractivity contribution in [1.82, 2.24) is 15.1 Å². The van der Waals surface area contributed by atoms with Crippen molar-refractivity contribution in [3.8, 4) is 5.75 Å². The second-order valence-corrected chi connectivity index (χ2v) is 10.6. The van der Waals surface area contributed by atoms with Gasteiger partial charge < -0.3 is 36.0 Å². The molecule has 206 valence electrons. The Morgan fingerprint density at radius 3 is 2.39 bits per heavy atom. The fourth-order valence-electron chi connectivity index (χ4n) is 6.03. The maximum Gasteiger partial charge on any atom is 0.259 e. The van der Waals surface area contributed by atoms with Gasteiger partial charge in [-0.05, 0) is 46.1 Å². The summed E-state index contributed by atoms with van der Waals surface area (Å²) >= 11 is 0. The van der Waals surface area contributed by atoms with Gasteiger partial charge in [-0.25, -0.2) is 0 Å². The van der Waals surface area contributed by atoms with Gasteiger partial charge in [0.2, 0.25) is 5.78 Å². The van der Waals surface area contributed by atoms with E-state index in [-0.39, 0.29) is 37.4 Å². The van der Waals surface area contributed by atoms with E-state index in [1.807, 2.05) is 0 Å². The molecule has 0 aliphatic heterocycles. The maximum absolute atomic E-state index is 14.0. The highest BCUT2D eigenvalue weighted by Crippen LogP contribution is 2.57. The lowest BCUT2D eigenvalue weighted by Gasteiger charge is -2.53. The van der Waals surface area contributed by atoms with Gasteiger partial charge in [0.15, 0.2) is 11.4 Å². The quantitative estimate of drug-likeness (QED) is 0.179. The van der Waals surface area contributed by atoms with Crippen LogP contribution in [0.4, 0.5) is 0 Å². The SMILES string of the molecule is CN(CCO)CNC(=O)C1=C(O)[C@@]2(O)C(=O)C3=C(O)c4c(O)cccc4[C@](C)(O)[C@H]3C[C@H]2[C@H](N(C)C)C1=O. The average Bonchev–Trinajstić information content (AvgIpc) is 2.83. The van der Waals surface area contributed by atoms with Gasteiger partial charge in [-0.1, -0.05) is 12.1 Å². The number of phenolic OH excluding ortho intramolecular Hbond substituents is 1. The maximum atomic E-state index is 14.0. The lowest BCUT2D eigenvalue weighted by atomic mass is 9.54. The van der Waals surface area contributed by atoms with Crippen molar-refractivity contribution in [2.24, 2.45) is 11.8 Å². The van der Waals surface area contributed by atoms with Gasteiger partial charge in [0.1, 0.15) is 22.8 Å². The van der Waals surface area contributed by atoms with Gasteiger partial charge >= 0.3 is 0 Å². The first kappa shape index (κ1) is 27.7. The number of nitrogens with one attached hydrogen (secondary N) is 1. The van der Waals surface area contributed by atoms with Crippen molar-refractivity contribution in [3.05, 3.63) is 46.2 Å². The van der Waals surface area contributed by atoms with E-state index in [4.69, 9.17) is 5.11 Å². The van der Waals surface area contributed by atoms with Crippen molar-refractivity contribution in [2.75, 3.05) is 41.0 Å². The Morgan fingerprint density at radius 1 is 1.13 bits per heavy atom. The molecule has 0 saturated heterocycles. The minimum atomic E-state index is -2.77. The number of benzene rings is 1. The summed E-state index contributed by atoms with van der Waals surface area (Å²) in [6.45, 7) is 1.35. The van der Waals surface area contributed by atoms with E-state index in [9.17, 15) is 39.9 Å². The van der Waals surface area contributed by atoms with E-state index in [0.29, 0.717) is 0 Å². The van der Waals surface area contributed by atoms with Crippen LogP contribution in [0.5, 0.6) is 5.75 Å². The first-order valence-electron chi connectivity index (χ1n) is 12.2. The zero-order valence-electron chi connectivity index (χ0n) is 21.6. The van der Waals surface area contributed by atoms with Crippen molar-refractivity contribution in [3.63, 3.8) is 0 Å². The van der Waals surface area contributed by atoms with Crippen LogP contribution in [0.25, 0.3) is 5.76 Å². The third kappa shape index (κ3) is 3.83. The summed E-state index contributed by atoms with van der Waals surface area (Å²) in [5.74, 6) is -7.59. The summed E-state index contributed by atoms with van der Waals surface area (Å²) in [5, 5.41) is 67.7. The third-order valence-electron chi connectivity index (χ3n) is 7.99. The number of hydrogen-bond acceptors (Lipinski definition) is 11. The molecule has 4 rings (SSSR count). The molecule has 12 nitrogen and oxygen atoms in total. The van der Waals surface area contributed by atoms with E-state index in [1.54, 1.807) is 7.05 Å². The highest BCUT2D eigenvalue weighted by Gasteiger charge is 2.66. The Labute approximate surface area is 219 Å². The van der Waals surface area contributed by atoms with Gasteiger partial charge in [0, 0.05) is 24.0 Å². The lowest BCUT2D eigenvalue weighted by Crippen LogP contribution is -2.67. The first-order chi connectivity index (χ1) is 17.7. The Balaban J connectivity index is 1.90. The number of hydrogen-bond donors (Lipinski definition) is 7. The fourth-order valence-corrected chi connectivity index (χ4v) is 6.03. The Kier molecular flexibility index (Phi) is 6.91. The Morgan fingerprint density at radius 2 is 1.79 bits per heavy atom. The molecule has 38 heavy (non-hydrogen) atoms. The molecule has 3 aliphatic carbocycles. The molecule has 1 saturated carbocycles. The summed E-state index contributed by atoms with van der Waals surface area (Å²) < 4.78 is 0. The lowest BCUT2D eigenvalue weighted by molar-refractivity contribution is -0.159. The molecule has 5 atom stereocenters. The number of aliphatic hydroxyl groups is 5. The molecule has 12 heteroatoms. The fraction of sp³-hybridized carbons (Fsp3) is 0.500. The minimum absolute atomic E-state index is 0.0984. The Bertz CT molecular complexity index is 1270. The van der Waals surface area contributed by atoms with Crippen molar-refractivity contribution >= 4 is 23.2 Å². The predicted molar refractivity (Wildman–Crippen MR) is 134 cm³/mol. The number of carbonyl (C=O) groups is 3. The number of likely N-dealkylation sites (N-methyl/N-ethyl adjacent to an activating group) is 2. The molecular formula is C26H33N3O9. The van der Waals surface area contributed by atoms with Crippen LogP contribution < -0.4 is 5.32 Å². The summed E-state index contributed by atoms with van der Waals surface area (Å²) in [7, 11) is 4.65. The molecule has 1 aromatic rings. The molecule has 0 radical (unpaired) electrons. The van der Waals surface area contributed by atoms with Gasteiger partial charge in [-0.2, -0.15) is 0 Å². The number of ketones is 2. The number of carbonyl (C=O) groups excluding carboxylic acids is 3. The number of fused-ring (bicyclic) bond motifs is 3. The van der Waals surface area contributed by atoms with Crippen LogP contribution in [0.15, 0.2) is 35.1 Å². The average molecular weight is 532 g/mol. The largest absolute Gasteiger partial charge is 0.508 e. The van der Waals surface area contributed by atoms with Crippen LogP contribution in [-0.2, 0) is 20.0 Å². The molecule has 1 aromatic carbocycles. The monoisotopic (exact) mass is 531 g/mol. The van der Waals surface area contributed by atoms with Crippen molar-refractivity contribution in [1.29, 1.82) is 0 Å². The molecule has 3 aliphatic rings. The second-order valence-electron chi connectivity index (χ2n) is 10.6. The molecular weight excluding hydrogens is 498 g/mol. The number of aliphatic hydroxyl groups excluding tert-OH is 3. The second kappa shape index (κ2) is 9.47. The van der Waals surface area contributed by atoms with Crippen LogP contribution in [0, 0.1) is 11.8 Å². The number of nitrogens with zero attached hydrogens (tertiary/aromatic N) is 2. The van der Waals surface area contributed by atoms with E-state index in [2.05, 4.69) is 5.32 Å². The number of Topliss-reactive ketones (excluding diaryl/α,β-unsaturated/α-hetero) is 2. The van der Waals surface area contributed by atoms with Gasteiger partial charge in [0.25, 0.3) is 5.91 Å². The molecule has 0 unspecified atom stereocenters. The number of aromatic hydroxyl groups is 1. The van der Waals surface area contributed by atoms with Crippen LogP contribution in [-0.4, -0.2) is 111 Å². The van der Waals surface area contributed by atoms with Gasteiger partial charge in [0.05, 0.1) is 30.5 Å². The van der Waals surface area contributed by atoms with Gasteiger partial charge in [-0.3, -0.25) is 24.2 Å². The van der Waals surface area contributed by atoms with Crippen LogP contribution in [0.2, 0.25) is 0 Å². The molecule has 1 amide bonds. The smallest absolute Gasteiger partial charge is 0.259 e. The molecule has 1 fully saturated rings.